The van der Waals surface area contributed by atoms with Gasteiger partial charge in [-0.05, 0) is 25.5 Å². The Morgan fingerprint density at radius 2 is 2.39 bits per heavy atom. The molecule has 0 aliphatic heterocycles. The Morgan fingerprint density at radius 3 is 3.00 bits per heavy atom. The highest BCUT2D eigenvalue weighted by Crippen LogP contribution is 2.26. The quantitative estimate of drug-likeness (QED) is 0.726. The number of rotatable bonds is 6. The fourth-order valence-electron chi connectivity index (χ4n) is 2.31. The van der Waals surface area contributed by atoms with Gasteiger partial charge in [-0.1, -0.05) is 12.5 Å². The average Bonchev–Trinajstić information content (AvgIpc) is 2.38. The zero-order chi connectivity index (χ0) is 13.4. The van der Waals surface area contributed by atoms with E-state index in [0.29, 0.717) is 18.3 Å². The van der Waals surface area contributed by atoms with Gasteiger partial charge in [0.05, 0.1) is 6.61 Å². The Hall–Kier alpha value is -0.680. The highest BCUT2D eigenvalue weighted by molar-refractivity contribution is 7.99. The molecule has 0 bridgehead atoms. The number of carbonyl (C=O) groups excluding carboxylic acids is 1. The van der Waals surface area contributed by atoms with Crippen molar-refractivity contribution in [3.05, 3.63) is 12.7 Å². The van der Waals surface area contributed by atoms with E-state index >= 15 is 0 Å². The summed E-state index contributed by atoms with van der Waals surface area (Å²) in [5, 5.41) is 12.7. The van der Waals surface area contributed by atoms with Gasteiger partial charge in [0, 0.05) is 24.4 Å². The Kier molecular flexibility index (Phi) is 7.20. The maximum atomic E-state index is 12.0. The lowest BCUT2D eigenvalue weighted by Crippen LogP contribution is -2.47. The van der Waals surface area contributed by atoms with Crippen LogP contribution >= 0.6 is 11.8 Å². The van der Waals surface area contributed by atoms with Crippen LogP contribution in [0.25, 0.3) is 0 Å². The van der Waals surface area contributed by atoms with Gasteiger partial charge in [-0.3, -0.25) is 0 Å². The minimum atomic E-state index is -0.0873. The SMILES string of the molecule is C=CCN(CCO)C(=O)NC1CCCC(SC)C1. The first-order valence-electron chi connectivity index (χ1n) is 6.51. The number of aliphatic hydroxyl groups is 1. The van der Waals surface area contributed by atoms with Crippen LogP contribution in [0.1, 0.15) is 25.7 Å². The lowest BCUT2D eigenvalue weighted by Gasteiger charge is -2.31. The summed E-state index contributed by atoms with van der Waals surface area (Å²) in [6.07, 6.45) is 8.35. The summed E-state index contributed by atoms with van der Waals surface area (Å²) in [7, 11) is 0. The predicted molar refractivity (Wildman–Crippen MR) is 76.9 cm³/mol. The Labute approximate surface area is 114 Å². The molecule has 4 nitrogen and oxygen atoms in total. The van der Waals surface area contributed by atoms with Crippen molar-refractivity contribution in [2.45, 2.75) is 37.0 Å². The molecule has 2 unspecified atom stereocenters. The number of urea groups is 1. The topological polar surface area (TPSA) is 52.6 Å². The van der Waals surface area contributed by atoms with Gasteiger partial charge in [0.2, 0.25) is 0 Å². The molecule has 1 aliphatic carbocycles. The molecule has 1 aliphatic rings. The monoisotopic (exact) mass is 272 g/mol. The highest BCUT2D eigenvalue weighted by atomic mass is 32.2. The highest BCUT2D eigenvalue weighted by Gasteiger charge is 2.24. The molecule has 104 valence electrons. The number of hydrogen-bond acceptors (Lipinski definition) is 3. The number of carbonyl (C=O) groups is 1. The number of nitrogens with zero attached hydrogens (tertiary/aromatic N) is 1. The molecule has 2 N–H and O–H groups in total. The van der Waals surface area contributed by atoms with Gasteiger partial charge in [0.25, 0.3) is 0 Å². The third kappa shape index (κ3) is 4.90. The maximum absolute atomic E-state index is 12.0. The second-order valence-corrected chi connectivity index (χ2v) is 5.77. The standard InChI is InChI=1S/C13H24N2O2S/c1-3-7-15(8-9-16)13(17)14-11-5-4-6-12(10-11)18-2/h3,11-12,16H,1,4-10H2,2H3,(H,14,17). The minimum Gasteiger partial charge on any atom is -0.395 e. The molecule has 1 saturated carbocycles. The molecular formula is C13H24N2O2S. The van der Waals surface area contributed by atoms with Gasteiger partial charge in [-0.2, -0.15) is 11.8 Å². The maximum Gasteiger partial charge on any atom is 0.317 e. The molecule has 1 rings (SSSR count). The van der Waals surface area contributed by atoms with E-state index in [1.807, 2.05) is 11.8 Å². The van der Waals surface area contributed by atoms with Crippen LogP contribution in [0.15, 0.2) is 12.7 Å². The molecule has 0 saturated heterocycles. The molecule has 0 aromatic rings. The Balaban J connectivity index is 2.43. The van der Waals surface area contributed by atoms with Crippen molar-refractivity contribution >= 4 is 17.8 Å². The van der Waals surface area contributed by atoms with Crippen LogP contribution in [0, 0.1) is 0 Å². The van der Waals surface area contributed by atoms with Crippen molar-refractivity contribution in [2.24, 2.45) is 0 Å². The number of aliphatic hydroxyl groups excluding tert-OH is 1. The Morgan fingerprint density at radius 1 is 1.61 bits per heavy atom. The van der Waals surface area contributed by atoms with Crippen LogP contribution in [0.3, 0.4) is 0 Å². The molecule has 0 spiro atoms. The Bertz CT molecular complexity index is 274. The summed E-state index contributed by atoms with van der Waals surface area (Å²) >= 11 is 1.88. The number of thioether (sulfide) groups is 1. The predicted octanol–water partition coefficient (Wildman–Crippen LogP) is 1.85. The molecule has 1 fully saturated rings. The van der Waals surface area contributed by atoms with Crippen LogP contribution in [0.5, 0.6) is 0 Å². The van der Waals surface area contributed by atoms with Gasteiger partial charge in [0.15, 0.2) is 0 Å². The fraction of sp³-hybridized carbons (Fsp3) is 0.769. The van der Waals surface area contributed by atoms with E-state index in [0.717, 1.165) is 12.8 Å². The molecule has 0 heterocycles. The van der Waals surface area contributed by atoms with Crippen molar-refractivity contribution < 1.29 is 9.90 Å². The molecule has 18 heavy (non-hydrogen) atoms. The summed E-state index contributed by atoms with van der Waals surface area (Å²) in [5.74, 6) is 0. The van der Waals surface area contributed by atoms with Crippen molar-refractivity contribution in [1.29, 1.82) is 0 Å². The third-order valence-electron chi connectivity index (χ3n) is 3.29. The summed E-state index contributed by atoms with van der Waals surface area (Å²) in [5.41, 5.74) is 0. The number of amides is 2. The van der Waals surface area contributed by atoms with E-state index in [9.17, 15) is 4.79 Å². The second kappa shape index (κ2) is 8.43. The summed E-state index contributed by atoms with van der Waals surface area (Å²) in [6.45, 7) is 4.45. The van der Waals surface area contributed by atoms with Crippen LogP contribution in [0.2, 0.25) is 0 Å². The molecule has 0 aromatic heterocycles. The van der Waals surface area contributed by atoms with E-state index < -0.39 is 0 Å². The molecule has 0 aromatic carbocycles. The van der Waals surface area contributed by atoms with Crippen LogP contribution in [-0.2, 0) is 0 Å². The van der Waals surface area contributed by atoms with Crippen molar-refractivity contribution in [3.63, 3.8) is 0 Å². The van der Waals surface area contributed by atoms with Crippen molar-refractivity contribution in [1.82, 2.24) is 10.2 Å². The van der Waals surface area contributed by atoms with Crippen LogP contribution in [-0.4, -0.2) is 53.3 Å². The van der Waals surface area contributed by atoms with Gasteiger partial charge in [-0.25, -0.2) is 4.79 Å². The molecule has 2 atom stereocenters. The average molecular weight is 272 g/mol. The zero-order valence-electron chi connectivity index (χ0n) is 11.1. The summed E-state index contributed by atoms with van der Waals surface area (Å²) in [6, 6.07) is 0.186. The zero-order valence-corrected chi connectivity index (χ0v) is 11.9. The first kappa shape index (κ1) is 15.4. The van der Waals surface area contributed by atoms with E-state index in [4.69, 9.17) is 5.11 Å². The lowest BCUT2D eigenvalue weighted by atomic mass is 9.95. The van der Waals surface area contributed by atoms with Gasteiger partial charge < -0.3 is 15.3 Å². The molecule has 0 radical (unpaired) electrons. The summed E-state index contributed by atoms with van der Waals surface area (Å²) < 4.78 is 0. The largest absolute Gasteiger partial charge is 0.395 e. The van der Waals surface area contributed by atoms with E-state index in [1.165, 1.54) is 12.8 Å². The fourth-order valence-corrected chi connectivity index (χ4v) is 3.14. The van der Waals surface area contributed by atoms with Gasteiger partial charge in [-0.15, -0.1) is 6.58 Å². The second-order valence-electron chi connectivity index (χ2n) is 4.63. The van der Waals surface area contributed by atoms with Crippen molar-refractivity contribution in [2.75, 3.05) is 26.0 Å². The van der Waals surface area contributed by atoms with E-state index in [1.54, 1.807) is 11.0 Å². The summed E-state index contributed by atoms with van der Waals surface area (Å²) in [4.78, 5) is 13.6. The van der Waals surface area contributed by atoms with E-state index in [2.05, 4.69) is 18.2 Å². The van der Waals surface area contributed by atoms with Crippen molar-refractivity contribution in [3.8, 4) is 0 Å². The molecular weight excluding hydrogens is 248 g/mol. The van der Waals surface area contributed by atoms with Crippen LogP contribution in [0.4, 0.5) is 4.79 Å². The normalized spacial score (nSPS) is 23.4. The molecule has 2 amide bonds. The number of nitrogens with one attached hydrogen (secondary N) is 1. The lowest BCUT2D eigenvalue weighted by molar-refractivity contribution is 0.177. The van der Waals surface area contributed by atoms with Crippen LogP contribution < -0.4 is 5.32 Å². The van der Waals surface area contributed by atoms with E-state index in [-0.39, 0.29) is 18.7 Å². The first-order valence-corrected chi connectivity index (χ1v) is 7.80. The minimum absolute atomic E-state index is 0.0145. The van der Waals surface area contributed by atoms with Gasteiger partial charge in [0.1, 0.15) is 0 Å². The third-order valence-corrected chi connectivity index (χ3v) is 4.39. The van der Waals surface area contributed by atoms with Gasteiger partial charge >= 0.3 is 6.03 Å². The first-order chi connectivity index (χ1) is 8.71. The number of hydrogen-bond donors (Lipinski definition) is 2. The molecule has 5 heteroatoms. The smallest absolute Gasteiger partial charge is 0.317 e.